The van der Waals surface area contributed by atoms with Gasteiger partial charge >= 0.3 is 0 Å². The van der Waals surface area contributed by atoms with Gasteiger partial charge in [-0.3, -0.25) is 9.59 Å². The number of ether oxygens (including phenoxy) is 1. The van der Waals surface area contributed by atoms with E-state index in [4.69, 9.17) is 16.3 Å². The molecule has 0 bridgehead atoms. The van der Waals surface area contributed by atoms with Gasteiger partial charge in [0.15, 0.2) is 6.61 Å². The van der Waals surface area contributed by atoms with E-state index in [1.807, 2.05) is 12.1 Å². The number of amides is 2. The number of benzene rings is 2. The number of nitrogens with one attached hydrogen (secondary N) is 2. The van der Waals surface area contributed by atoms with Gasteiger partial charge in [0.2, 0.25) is 5.91 Å². The Kier molecular flexibility index (Phi) is 6.66. The topological polar surface area (TPSA) is 67.4 Å². The predicted octanol–water partition coefficient (Wildman–Crippen LogP) is 3.08. The van der Waals surface area contributed by atoms with Gasteiger partial charge in [0.05, 0.1) is 6.54 Å². The zero-order valence-corrected chi connectivity index (χ0v) is 14.9. The third kappa shape index (κ3) is 6.45. The third-order valence-corrected chi connectivity index (χ3v) is 3.73. The zero-order valence-electron chi connectivity index (χ0n) is 12.0. The molecule has 7 heteroatoms. The highest BCUT2D eigenvalue weighted by molar-refractivity contribution is 14.1. The van der Waals surface area contributed by atoms with Crippen molar-refractivity contribution in [2.75, 3.05) is 18.5 Å². The molecule has 0 heterocycles. The summed E-state index contributed by atoms with van der Waals surface area (Å²) in [4.78, 5) is 23.4. The van der Waals surface area contributed by atoms with Crippen molar-refractivity contribution in [3.63, 3.8) is 0 Å². The van der Waals surface area contributed by atoms with Crippen LogP contribution in [-0.2, 0) is 9.59 Å². The second-order valence-corrected chi connectivity index (χ2v) is 6.26. The third-order valence-electron chi connectivity index (χ3n) is 2.76. The first-order valence-corrected chi connectivity index (χ1v) is 8.19. The van der Waals surface area contributed by atoms with E-state index < -0.39 is 0 Å². The minimum atomic E-state index is -0.377. The van der Waals surface area contributed by atoms with Gasteiger partial charge in [-0.15, -0.1) is 0 Å². The van der Waals surface area contributed by atoms with E-state index >= 15 is 0 Å². The number of hydrogen-bond donors (Lipinski definition) is 2. The maximum atomic E-state index is 11.7. The van der Waals surface area contributed by atoms with Gasteiger partial charge in [0, 0.05) is 14.3 Å². The van der Waals surface area contributed by atoms with E-state index in [0.717, 1.165) is 3.57 Å². The molecule has 0 saturated heterocycles. The van der Waals surface area contributed by atoms with Crippen molar-refractivity contribution in [3.8, 4) is 5.75 Å². The van der Waals surface area contributed by atoms with Gasteiger partial charge in [0.1, 0.15) is 5.75 Å². The van der Waals surface area contributed by atoms with Gasteiger partial charge in [-0.2, -0.15) is 0 Å². The van der Waals surface area contributed by atoms with Crippen LogP contribution in [0.25, 0.3) is 0 Å². The molecule has 2 rings (SSSR count). The number of anilines is 1. The van der Waals surface area contributed by atoms with Gasteiger partial charge < -0.3 is 15.4 Å². The number of carbonyl (C=O) groups is 2. The Morgan fingerprint density at radius 1 is 1.00 bits per heavy atom. The van der Waals surface area contributed by atoms with E-state index in [1.54, 1.807) is 36.4 Å². The molecule has 23 heavy (non-hydrogen) atoms. The smallest absolute Gasteiger partial charge is 0.258 e. The first-order valence-electron chi connectivity index (χ1n) is 6.73. The lowest BCUT2D eigenvalue weighted by Crippen LogP contribution is -2.35. The highest BCUT2D eigenvalue weighted by Gasteiger charge is 2.07. The van der Waals surface area contributed by atoms with Crippen LogP contribution in [0.15, 0.2) is 48.5 Å². The van der Waals surface area contributed by atoms with Crippen molar-refractivity contribution in [2.45, 2.75) is 0 Å². The lowest BCUT2D eigenvalue weighted by Gasteiger charge is -2.08. The quantitative estimate of drug-likeness (QED) is 0.673. The maximum Gasteiger partial charge on any atom is 0.258 e. The summed E-state index contributed by atoms with van der Waals surface area (Å²) in [7, 11) is 0. The van der Waals surface area contributed by atoms with Crippen LogP contribution in [0.3, 0.4) is 0 Å². The van der Waals surface area contributed by atoms with Crippen molar-refractivity contribution >= 4 is 51.7 Å². The molecule has 2 aromatic rings. The molecule has 0 fully saturated rings. The Morgan fingerprint density at radius 2 is 1.65 bits per heavy atom. The van der Waals surface area contributed by atoms with Gasteiger partial charge in [0.25, 0.3) is 5.91 Å². The fourth-order valence-corrected chi connectivity index (χ4v) is 2.13. The van der Waals surface area contributed by atoms with Crippen LogP contribution in [0, 0.1) is 3.57 Å². The van der Waals surface area contributed by atoms with Crippen LogP contribution >= 0.6 is 34.2 Å². The van der Waals surface area contributed by atoms with E-state index in [9.17, 15) is 9.59 Å². The Bertz CT molecular complexity index is 675. The van der Waals surface area contributed by atoms with Gasteiger partial charge in [-0.1, -0.05) is 11.6 Å². The molecule has 0 aliphatic heterocycles. The molecule has 2 N–H and O–H groups in total. The van der Waals surface area contributed by atoms with E-state index in [-0.39, 0.29) is 25.0 Å². The van der Waals surface area contributed by atoms with Crippen molar-refractivity contribution in [1.82, 2.24) is 5.32 Å². The number of hydrogen-bond acceptors (Lipinski definition) is 3. The largest absolute Gasteiger partial charge is 0.484 e. The summed E-state index contributed by atoms with van der Waals surface area (Å²) in [5.74, 6) is -0.142. The average molecular weight is 445 g/mol. The highest BCUT2D eigenvalue weighted by Crippen LogP contribution is 2.15. The Labute approximate surface area is 152 Å². The number of rotatable bonds is 6. The highest BCUT2D eigenvalue weighted by atomic mass is 127. The molecule has 0 radical (unpaired) electrons. The summed E-state index contributed by atoms with van der Waals surface area (Å²) in [5.41, 5.74) is 0.682. The van der Waals surface area contributed by atoms with Crippen LogP contribution in [0.4, 0.5) is 5.69 Å². The first-order chi connectivity index (χ1) is 11.0. The fourth-order valence-electron chi connectivity index (χ4n) is 1.65. The molecule has 0 unspecified atom stereocenters. The van der Waals surface area contributed by atoms with Crippen LogP contribution in [0.5, 0.6) is 5.75 Å². The standard InChI is InChI=1S/C16H14ClIN2O3/c17-11-1-7-14(8-2-11)23-10-16(22)19-9-15(21)20-13-5-3-12(18)4-6-13/h1-8H,9-10H2,(H,19,22)(H,20,21). The zero-order chi connectivity index (χ0) is 16.7. The molecule has 0 saturated carbocycles. The van der Waals surface area contributed by atoms with Gasteiger partial charge in [-0.25, -0.2) is 0 Å². The van der Waals surface area contributed by atoms with Gasteiger partial charge in [-0.05, 0) is 71.1 Å². The summed E-state index contributed by atoms with van der Waals surface area (Å²) >= 11 is 7.93. The SMILES string of the molecule is O=C(COc1ccc(Cl)cc1)NCC(=O)Nc1ccc(I)cc1. The Balaban J connectivity index is 1.70. The molecular formula is C16H14ClIN2O3. The molecule has 0 spiro atoms. The molecule has 0 atom stereocenters. The van der Waals surface area contributed by atoms with Crippen LogP contribution < -0.4 is 15.4 Å². The monoisotopic (exact) mass is 444 g/mol. The second kappa shape index (κ2) is 8.73. The summed E-state index contributed by atoms with van der Waals surface area (Å²) in [6, 6.07) is 14.0. The molecule has 120 valence electrons. The molecule has 0 aliphatic rings. The van der Waals surface area contributed by atoms with E-state index in [2.05, 4.69) is 33.2 Å². The molecule has 2 aromatic carbocycles. The minimum absolute atomic E-state index is 0.116. The fraction of sp³-hybridized carbons (Fsp3) is 0.125. The summed E-state index contributed by atoms with van der Waals surface area (Å²) in [6.07, 6.45) is 0. The maximum absolute atomic E-state index is 11.7. The van der Waals surface area contributed by atoms with Crippen molar-refractivity contribution in [2.24, 2.45) is 0 Å². The van der Waals surface area contributed by atoms with E-state index in [1.165, 1.54) is 0 Å². The second-order valence-electron chi connectivity index (χ2n) is 4.57. The molecule has 2 amide bonds. The average Bonchev–Trinajstić information content (AvgIpc) is 2.54. The van der Waals surface area contributed by atoms with E-state index in [0.29, 0.717) is 16.5 Å². The lowest BCUT2D eigenvalue weighted by molar-refractivity contribution is -0.125. The normalized spacial score (nSPS) is 10.0. The molecule has 0 aliphatic carbocycles. The van der Waals surface area contributed by atoms with Crippen molar-refractivity contribution in [3.05, 3.63) is 57.1 Å². The Morgan fingerprint density at radius 3 is 2.30 bits per heavy atom. The first kappa shape index (κ1) is 17.6. The molecule has 0 aromatic heterocycles. The summed E-state index contributed by atoms with van der Waals surface area (Å²) in [6.45, 7) is -0.284. The van der Waals surface area contributed by atoms with Crippen LogP contribution in [-0.4, -0.2) is 25.0 Å². The lowest BCUT2D eigenvalue weighted by atomic mass is 10.3. The van der Waals surface area contributed by atoms with Crippen molar-refractivity contribution < 1.29 is 14.3 Å². The predicted molar refractivity (Wildman–Crippen MR) is 97.7 cm³/mol. The van der Waals surface area contributed by atoms with Crippen LogP contribution in [0.1, 0.15) is 0 Å². The molecular weight excluding hydrogens is 431 g/mol. The molecule has 5 nitrogen and oxygen atoms in total. The summed E-state index contributed by atoms with van der Waals surface area (Å²) in [5, 5.41) is 5.78. The van der Waals surface area contributed by atoms with Crippen LogP contribution in [0.2, 0.25) is 5.02 Å². The number of halogens is 2. The van der Waals surface area contributed by atoms with Crippen molar-refractivity contribution in [1.29, 1.82) is 0 Å². The summed E-state index contributed by atoms with van der Waals surface area (Å²) < 4.78 is 6.36. The minimum Gasteiger partial charge on any atom is -0.484 e. The number of carbonyl (C=O) groups excluding carboxylic acids is 2. The Hall–Kier alpha value is -1.80.